The normalized spacial score (nSPS) is 16.7. The molecule has 1 aromatic rings. The first-order valence-electron chi connectivity index (χ1n) is 7.67. The fourth-order valence-electron chi connectivity index (χ4n) is 2.66. The number of nitrogens with one attached hydrogen (secondary N) is 1. The van der Waals surface area contributed by atoms with Gasteiger partial charge in [-0.15, -0.1) is 0 Å². The minimum atomic E-state index is -0.00368. The van der Waals surface area contributed by atoms with E-state index in [4.69, 9.17) is 14.6 Å². The lowest BCUT2D eigenvalue weighted by Gasteiger charge is -2.32. The number of rotatable bonds is 7. The van der Waals surface area contributed by atoms with E-state index in [1.165, 1.54) is 0 Å². The Morgan fingerprint density at radius 1 is 1.29 bits per heavy atom. The third kappa shape index (κ3) is 4.51. The Kier molecular flexibility index (Phi) is 6.14. The summed E-state index contributed by atoms with van der Waals surface area (Å²) in [4.78, 5) is 2.47. The highest BCUT2D eigenvalue weighted by atomic mass is 16.5. The molecule has 1 fully saturated rings. The number of hydrogen-bond donors (Lipinski definition) is 2. The summed E-state index contributed by atoms with van der Waals surface area (Å²) in [5.74, 6) is 1.36. The van der Waals surface area contributed by atoms with E-state index in [-0.39, 0.29) is 13.2 Å². The van der Waals surface area contributed by atoms with Crippen LogP contribution in [0.2, 0.25) is 0 Å². The lowest BCUT2D eigenvalue weighted by Crippen LogP contribution is -2.38. The van der Waals surface area contributed by atoms with E-state index in [0.717, 1.165) is 38.2 Å². The zero-order valence-corrected chi connectivity index (χ0v) is 13.0. The topological polar surface area (TPSA) is 54.0 Å². The van der Waals surface area contributed by atoms with E-state index < -0.39 is 0 Å². The van der Waals surface area contributed by atoms with Gasteiger partial charge in [-0.05, 0) is 31.5 Å². The average molecular weight is 294 g/mol. The molecule has 0 radical (unpaired) electrons. The molecule has 1 aromatic carbocycles. The maximum Gasteiger partial charge on any atom is 0.163 e. The van der Waals surface area contributed by atoms with Crippen molar-refractivity contribution in [2.75, 3.05) is 45.3 Å². The summed E-state index contributed by atoms with van der Waals surface area (Å²) in [6, 6.07) is 6.36. The van der Waals surface area contributed by atoms with Gasteiger partial charge in [0.05, 0.1) is 13.7 Å². The molecule has 1 heterocycles. The Balaban J connectivity index is 1.96. The van der Waals surface area contributed by atoms with Gasteiger partial charge in [0.15, 0.2) is 11.5 Å². The van der Waals surface area contributed by atoms with Crippen molar-refractivity contribution >= 4 is 5.69 Å². The van der Waals surface area contributed by atoms with Gasteiger partial charge in [-0.3, -0.25) is 0 Å². The molecule has 2 N–H and O–H groups in total. The van der Waals surface area contributed by atoms with Gasteiger partial charge in [-0.25, -0.2) is 0 Å². The van der Waals surface area contributed by atoms with Crippen LogP contribution < -0.4 is 14.8 Å². The minimum Gasteiger partial charge on any atom is -0.493 e. The predicted molar refractivity (Wildman–Crippen MR) is 84.3 cm³/mol. The van der Waals surface area contributed by atoms with Gasteiger partial charge in [0.25, 0.3) is 0 Å². The number of ether oxygens (including phenoxy) is 2. The van der Waals surface area contributed by atoms with Crippen molar-refractivity contribution in [3.63, 3.8) is 0 Å². The Morgan fingerprint density at radius 3 is 2.67 bits per heavy atom. The molecule has 21 heavy (non-hydrogen) atoms. The molecule has 0 bridgehead atoms. The SMILES string of the molecule is CCN1CCC(Nc2ccc(OC)c(OCCO)c2)CC1. The summed E-state index contributed by atoms with van der Waals surface area (Å²) in [6.45, 7) is 5.91. The molecule has 0 aliphatic carbocycles. The number of hydrogen-bond acceptors (Lipinski definition) is 5. The van der Waals surface area contributed by atoms with Crippen molar-refractivity contribution in [1.29, 1.82) is 0 Å². The van der Waals surface area contributed by atoms with Crippen molar-refractivity contribution in [2.45, 2.75) is 25.8 Å². The molecule has 1 aliphatic rings. The van der Waals surface area contributed by atoms with Crippen LogP contribution in [0.1, 0.15) is 19.8 Å². The second-order valence-corrected chi connectivity index (χ2v) is 5.29. The standard InChI is InChI=1S/C16H26N2O3/c1-3-18-8-6-13(7-9-18)17-14-4-5-15(20-2)16(12-14)21-11-10-19/h4-5,12-13,17,19H,3,6-11H2,1-2H3. The Hall–Kier alpha value is -1.46. The van der Waals surface area contributed by atoms with Crippen molar-refractivity contribution in [3.05, 3.63) is 18.2 Å². The van der Waals surface area contributed by atoms with E-state index in [9.17, 15) is 0 Å². The lowest BCUT2D eigenvalue weighted by molar-refractivity contribution is 0.196. The molecular formula is C16H26N2O3. The van der Waals surface area contributed by atoms with Crippen molar-refractivity contribution in [2.24, 2.45) is 0 Å². The minimum absolute atomic E-state index is 0.00368. The van der Waals surface area contributed by atoms with Crippen LogP contribution in [0.25, 0.3) is 0 Å². The summed E-state index contributed by atoms with van der Waals surface area (Å²) >= 11 is 0. The van der Waals surface area contributed by atoms with E-state index in [2.05, 4.69) is 17.1 Å². The summed E-state index contributed by atoms with van der Waals surface area (Å²) < 4.78 is 10.8. The zero-order valence-electron chi connectivity index (χ0n) is 13.0. The van der Waals surface area contributed by atoms with E-state index in [1.807, 2.05) is 18.2 Å². The molecule has 0 aromatic heterocycles. The maximum atomic E-state index is 8.88. The highest BCUT2D eigenvalue weighted by Crippen LogP contribution is 2.31. The Labute approximate surface area is 126 Å². The Bertz CT molecular complexity index is 432. The summed E-state index contributed by atoms with van der Waals surface area (Å²) in [6.07, 6.45) is 2.32. The molecule has 5 nitrogen and oxygen atoms in total. The van der Waals surface area contributed by atoms with Crippen LogP contribution >= 0.6 is 0 Å². The first-order valence-corrected chi connectivity index (χ1v) is 7.67. The highest BCUT2D eigenvalue weighted by Gasteiger charge is 2.18. The summed E-state index contributed by atoms with van der Waals surface area (Å²) in [7, 11) is 1.62. The average Bonchev–Trinajstić information content (AvgIpc) is 2.54. The van der Waals surface area contributed by atoms with Gasteiger partial charge in [-0.1, -0.05) is 6.92 Å². The number of anilines is 1. The smallest absolute Gasteiger partial charge is 0.163 e. The largest absolute Gasteiger partial charge is 0.493 e. The molecule has 2 rings (SSSR count). The first kappa shape index (κ1) is 15.9. The maximum absolute atomic E-state index is 8.88. The van der Waals surface area contributed by atoms with E-state index in [1.54, 1.807) is 7.11 Å². The number of benzene rings is 1. The Morgan fingerprint density at radius 2 is 2.05 bits per heavy atom. The van der Waals surface area contributed by atoms with Crippen LogP contribution in [0.15, 0.2) is 18.2 Å². The van der Waals surface area contributed by atoms with Crippen molar-refractivity contribution in [1.82, 2.24) is 4.90 Å². The number of nitrogens with zero attached hydrogens (tertiary/aromatic N) is 1. The quantitative estimate of drug-likeness (QED) is 0.805. The number of aliphatic hydroxyl groups is 1. The van der Waals surface area contributed by atoms with Crippen LogP contribution in [0, 0.1) is 0 Å². The molecule has 1 aliphatic heterocycles. The van der Waals surface area contributed by atoms with Crippen LogP contribution in [0.3, 0.4) is 0 Å². The number of methoxy groups -OCH3 is 1. The van der Waals surface area contributed by atoms with Gasteiger partial charge < -0.3 is 24.8 Å². The first-order chi connectivity index (χ1) is 10.3. The van der Waals surface area contributed by atoms with Gasteiger partial charge in [0, 0.05) is 30.9 Å². The predicted octanol–water partition coefficient (Wildman–Crippen LogP) is 1.96. The van der Waals surface area contributed by atoms with Gasteiger partial charge in [-0.2, -0.15) is 0 Å². The third-order valence-electron chi connectivity index (χ3n) is 3.92. The molecular weight excluding hydrogens is 268 g/mol. The molecule has 5 heteroatoms. The van der Waals surface area contributed by atoms with E-state index in [0.29, 0.717) is 17.5 Å². The molecule has 1 saturated heterocycles. The molecule has 0 saturated carbocycles. The van der Waals surface area contributed by atoms with Crippen molar-refractivity contribution < 1.29 is 14.6 Å². The highest BCUT2D eigenvalue weighted by molar-refractivity contribution is 5.55. The molecule has 0 spiro atoms. The zero-order chi connectivity index (χ0) is 15.1. The second kappa shape index (κ2) is 8.10. The van der Waals surface area contributed by atoms with Crippen LogP contribution in [-0.4, -0.2) is 56.0 Å². The monoisotopic (exact) mass is 294 g/mol. The van der Waals surface area contributed by atoms with Crippen LogP contribution in [0.5, 0.6) is 11.5 Å². The lowest BCUT2D eigenvalue weighted by atomic mass is 10.0. The van der Waals surface area contributed by atoms with Gasteiger partial charge in [0.2, 0.25) is 0 Å². The molecule has 0 unspecified atom stereocenters. The van der Waals surface area contributed by atoms with E-state index >= 15 is 0 Å². The molecule has 118 valence electrons. The number of piperidine rings is 1. The fraction of sp³-hybridized carbons (Fsp3) is 0.625. The van der Waals surface area contributed by atoms with Crippen LogP contribution in [-0.2, 0) is 0 Å². The molecule has 0 amide bonds. The third-order valence-corrected chi connectivity index (χ3v) is 3.92. The van der Waals surface area contributed by atoms with Crippen molar-refractivity contribution in [3.8, 4) is 11.5 Å². The summed E-state index contributed by atoms with van der Waals surface area (Å²) in [5, 5.41) is 12.5. The van der Waals surface area contributed by atoms with Gasteiger partial charge in [0.1, 0.15) is 6.61 Å². The summed E-state index contributed by atoms with van der Waals surface area (Å²) in [5.41, 5.74) is 1.04. The number of likely N-dealkylation sites (tertiary alicyclic amines) is 1. The van der Waals surface area contributed by atoms with Crippen LogP contribution in [0.4, 0.5) is 5.69 Å². The number of aliphatic hydroxyl groups excluding tert-OH is 1. The fourth-order valence-corrected chi connectivity index (χ4v) is 2.66. The molecule has 0 atom stereocenters. The van der Waals surface area contributed by atoms with Gasteiger partial charge >= 0.3 is 0 Å². The second-order valence-electron chi connectivity index (χ2n) is 5.29.